The van der Waals surface area contributed by atoms with Crippen molar-refractivity contribution in [1.29, 1.82) is 0 Å². The number of carbonyl (C=O) groups is 1. The van der Waals surface area contributed by atoms with Crippen molar-refractivity contribution in [2.45, 2.75) is 12.5 Å². The van der Waals surface area contributed by atoms with E-state index in [4.69, 9.17) is 16.3 Å². The Morgan fingerprint density at radius 1 is 1.00 bits per heavy atom. The van der Waals surface area contributed by atoms with Crippen molar-refractivity contribution >= 4 is 38.9 Å². The molecule has 0 saturated heterocycles. The normalized spacial score (nSPS) is 15.6. The highest BCUT2D eigenvalue weighted by molar-refractivity contribution is 7.22. The molecule has 1 aromatic heterocycles. The summed E-state index contributed by atoms with van der Waals surface area (Å²) in [5.74, 6) is 0.690. The van der Waals surface area contributed by atoms with Gasteiger partial charge in [0, 0.05) is 22.1 Å². The zero-order valence-electron chi connectivity index (χ0n) is 15.5. The molecule has 3 aromatic carbocycles. The van der Waals surface area contributed by atoms with Crippen molar-refractivity contribution in [2.75, 3.05) is 6.61 Å². The van der Waals surface area contributed by atoms with Crippen molar-refractivity contribution < 1.29 is 9.53 Å². The fourth-order valence-electron chi connectivity index (χ4n) is 3.80. The van der Waals surface area contributed by atoms with E-state index in [1.165, 1.54) is 11.3 Å². The van der Waals surface area contributed by atoms with Crippen molar-refractivity contribution in [3.63, 3.8) is 0 Å². The smallest absolute Gasteiger partial charge is 0.263 e. The second-order valence-corrected chi connectivity index (χ2v) is 8.39. The molecule has 0 spiro atoms. The number of amides is 1. The molecule has 0 unspecified atom stereocenters. The number of para-hydroxylation sites is 1. The Morgan fingerprint density at radius 3 is 2.66 bits per heavy atom. The van der Waals surface area contributed by atoms with Gasteiger partial charge >= 0.3 is 0 Å². The summed E-state index contributed by atoms with van der Waals surface area (Å²) in [7, 11) is 0. The predicted molar refractivity (Wildman–Crippen MR) is 119 cm³/mol. The number of benzene rings is 3. The molecular formula is C24H18ClNO2S. The minimum atomic E-state index is -0.142. The molecule has 1 aliphatic heterocycles. The molecule has 4 aromatic rings. The highest BCUT2D eigenvalue weighted by Crippen LogP contribution is 2.41. The third-order valence-electron chi connectivity index (χ3n) is 5.21. The van der Waals surface area contributed by atoms with Crippen LogP contribution in [0.2, 0.25) is 5.02 Å². The first-order valence-corrected chi connectivity index (χ1v) is 10.7. The number of ether oxygens (including phenoxy) is 1. The second kappa shape index (κ2) is 7.54. The van der Waals surface area contributed by atoms with Gasteiger partial charge in [-0.15, -0.1) is 11.3 Å². The van der Waals surface area contributed by atoms with Crippen LogP contribution in [0.1, 0.15) is 27.7 Å². The number of rotatable bonds is 3. The Kier molecular flexibility index (Phi) is 4.74. The summed E-state index contributed by atoms with van der Waals surface area (Å²) < 4.78 is 6.73. The van der Waals surface area contributed by atoms with Crippen LogP contribution in [0.5, 0.6) is 5.75 Å². The summed E-state index contributed by atoms with van der Waals surface area (Å²) in [6.07, 6.45) is 0.737. The van der Waals surface area contributed by atoms with E-state index in [2.05, 4.69) is 23.5 Å². The molecule has 2 heterocycles. The quantitative estimate of drug-likeness (QED) is 0.413. The Hall–Kier alpha value is -2.82. The van der Waals surface area contributed by atoms with Gasteiger partial charge in [0.15, 0.2) is 0 Å². The number of halogens is 1. The molecule has 0 aliphatic carbocycles. The van der Waals surface area contributed by atoms with E-state index >= 15 is 0 Å². The van der Waals surface area contributed by atoms with Crippen molar-refractivity contribution in [1.82, 2.24) is 5.32 Å². The first-order valence-electron chi connectivity index (χ1n) is 9.51. The van der Waals surface area contributed by atoms with E-state index in [1.807, 2.05) is 54.6 Å². The number of hydrogen-bond acceptors (Lipinski definition) is 3. The van der Waals surface area contributed by atoms with Crippen molar-refractivity contribution in [3.8, 4) is 16.9 Å². The van der Waals surface area contributed by atoms with Gasteiger partial charge < -0.3 is 10.1 Å². The SMILES string of the molecule is O=C(N[C@H]1CCOc2ccccc21)c1sc2c(-c3ccccc3)cccc2c1Cl. The third-order valence-corrected chi connectivity index (χ3v) is 6.95. The van der Waals surface area contributed by atoms with Crippen LogP contribution in [-0.2, 0) is 0 Å². The lowest BCUT2D eigenvalue weighted by Crippen LogP contribution is -2.31. The van der Waals surface area contributed by atoms with Gasteiger partial charge in [-0.2, -0.15) is 0 Å². The van der Waals surface area contributed by atoms with Gasteiger partial charge in [-0.3, -0.25) is 4.79 Å². The number of hydrogen-bond donors (Lipinski definition) is 1. The lowest BCUT2D eigenvalue weighted by Gasteiger charge is -2.26. The molecule has 0 radical (unpaired) electrons. The standard InChI is InChI=1S/C24H18ClNO2S/c25-21-18-11-6-10-16(15-7-2-1-3-8-15)22(18)29-23(21)24(27)26-19-13-14-28-20-12-5-4-9-17(19)20/h1-12,19H,13-14H2,(H,26,27)/t19-/m0/s1. The van der Waals surface area contributed by atoms with Crippen LogP contribution in [-0.4, -0.2) is 12.5 Å². The first-order chi connectivity index (χ1) is 14.2. The van der Waals surface area contributed by atoms with Gasteiger partial charge in [0.1, 0.15) is 10.6 Å². The summed E-state index contributed by atoms with van der Waals surface area (Å²) in [5, 5.41) is 4.59. The van der Waals surface area contributed by atoms with Crippen molar-refractivity contribution in [2.24, 2.45) is 0 Å². The van der Waals surface area contributed by atoms with Crippen LogP contribution < -0.4 is 10.1 Å². The lowest BCUT2D eigenvalue weighted by molar-refractivity contribution is 0.0929. The minimum Gasteiger partial charge on any atom is -0.493 e. The number of fused-ring (bicyclic) bond motifs is 2. The van der Waals surface area contributed by atoms with Crippen molar-refractivity contribution in [3.05, 3.63) is 88.3 Å². The molecule has 0 saturated carbocycles. The summed E-state index contributed by atoms with van der Waals surface area (Å²) >= 11 is 8.10. The molecule has 5 rings (SSSR count). The first kappa shape index (κ1) is 18.2. The van der Waals surface area contributed by atoms with Gasteiger partial charge in [0.2, 0.25) is 0 Å². The van der Waals surface area contributed by atoms with E-state index in [0.717, 1.165) is 38.9 Å². The van der Waals surface area contributed by atoms with Crippen LogP contribution in [0.15, 0.2) is 72.8 Å². The maximum Gasteiger partial charge on any atom is 0.263 e. The molecule has 1 amide bonds. The molecule has 144 valence electrons. The van der Waals surface area contributed by atoms with Gasteiger partial charge in [-0.25, -0.2) is 0 Å². The van der Waals surface area contributed by atoms with Gasteiger partial charge in [0.05, 0.1) is 17.7 Å². The van der Waals surface area contributed by atoms with E-state index in [9.17, 15) is 4.79 Å². The zero-order valence-corrected chi connectivity index (χ0v) is 17.1. The molecular weight excluding hydrogens is 402 g/mol. The van der Waals surface area contributed by atoms with Crippen LogP contribution >= 0.6 is 22.9 Å². The lowest BCUT2D eigenvalue weighted by atomic mass is 10.0. The molecule has 5 heteroatoms. The third kappa shape index (κ3) is 3.28. The van der Waals surface area contributed by atoms with E-state index in [-0.39, 0.29) is 11.9 Å². The largest absolute Gasteiger partial charge is 0.493 e. The Bertz CT molecular complexity index is 1200. The molecule has 1 atom stereocenters. The molecule has 1 N–H and O–H groups in total. The van der Waals surface area contributed by atoms with E-state index < -0.39 is 0 Å². The fourth-order valence-corrected chi connectivity index (χ4v) is 5.34. The zero-order chi connectivity index (χ0) is 19.8. The Balaban J connectivity index is 1.51. The highest BCUT2D eigenvalue weighted by atomic mass is 35.5. The number of nitrogens with one attached hydrogen (secondary N) is 1. The monoisotopic (exact) mass is 419 g/mol. The summed E-state index contributed by atoms with van der Waals surface area (Å²) in [5.41, 5.74) is 3.21. The Morgan fingerprint density at radius 2 is 1.79 bits per heavy atom. The maximum absolute atomic E-state index is 13.1. The molecule has 3 nitrogen and oxygen atoms in total. The predicted octanol–water partition coefficient (Wildman–Crippen LogP) is 6.48. The average molecular weight is 420 g/mol. The molecule has 29 heavy (non-hydrogen) atoms. The van der Waals surface area contributed by atoms with Crippen LogP contribution in [0.3, 0.4) is 0 Å². The van der Waals surface area contributed by atoms with Gasteiger partial charge in [0.25, 0.3) is 5.91 Å². The van der Waals surface area contributed by atoms with Crippen LogP contribution in [0.25, 0.3) is 21.2 Å². The van der Waals surface area contributed by atoms with Gasteiger partial charge in [-0.1, -0.05) is 78.3 Å². The molecule has 0 bridgehead atoms. The Labute approximate surface area is 177 Å². The summed E-state index contributed by atoms with van der Waals surface area (Å²) in [4.78, 5) is 13.7. The van der Waals surface area contributed by atoms with Crippen LogP contribution in [0.4, 0.5) is 0 Å². The van der Waals surface area contributed by atoms with E-state index in [1.54, 1.807) is 0 Å². The molecule has 1 aliphatic rings. The average Bonchev–Trinajstić information content (AvgIpc) is 3.11. The number of carbonyl (C=O) groups excluding carboxylic acids is 1. The topological polar surface area (TPSA) is 38.3 Å². The maximum atomic E-state index is 13.1. The van der Waals surface area contributed by atoms with E-state index in [0.29, 0.717) is 16.5 Å². The second-order valence-electron chi connectivity index (χ2n) is 6.99. The van der Waals surface area contributed by atoms with Crippen LogP contribution in [0, 0.1) is 0 Å². The summed E-state index contributed by atoms with van der Waals surface area (Å²) in [6, 6.07) is 24.0. The fraction of sp³-hybridized carbons (Fsp3) is 0.125. The summed E-state index contributed by atoms with van der Waals surface area (Å²) in [6.45, 7) is 0.584. The minimum absolute atomic E-state index is 0.0812. The molecule has 0 fully saturated rings. The number of thiophene rings is 1. The van der Waals surface area contributed by atoms with Gasteiger partial charge in [-0.05, 0) is 17.2 Å². The highest BCUT2D eigenvalue weighted by Gasteiger charge is 2.26.